The molecule has 0 spiro atoms. The van der Waals surface area contributed by atoms with Crippen molar-refractivity contribution in [3.05, 3.63) is 59.9 Å². The fourth-order valence-corrected chi connectivity index (χ4v) is 3.86. The van der Waals surface area contributed by atoms with Gasteiger partial charge in [-0.25, -0.2) is 0 Å². The first-order valence-corrected chi connectivity index (χ1v) is 10.3. The first-order valence-electron chi connectivity index (χ1n) is 10.3. The van der Waals surface area contributed by atoms with Gasteiger partial charge in [-0.2, -0.15) is 0 Å². The van der Waals surface area contributed by atoms with Crippen molar-refractivity contribution in [3.8, 4) is 22.8 Å². The van der Waals surface area contributed by atoms with Crippen molar-refractivity contribution in [3.63, 3.8) is 0 Å². The average Bonchev–Trinajstić information content (AvgIpc) is 3.13. The minimum atomic E-state index is -4.79. The highest BCUT2D eigenvalue weighted by molar-refractivity contribution is 5.85. The van der Waals surface area contributed by atoms with E-state index in [-0.39, 0.29) is 23.7 Å². The van der Waals surface area contributed by atoms with Crippen molar-refractivity contribution in [2.45, 2.75) is 19.8 Å². The molecule has 0 aliphatic carbocycles. The van der Waals surface area contributed by atoms with Crippen molar-refractivity contribution in [1.82, 2.24) is 10.1 Å². The summed E-state index contributed by atoms with van der Waals surface area (Å²) in [6, 6.07) is 13.9. The summed E-state index contributed by atoms with van der Waals surface area (Å²) in [7, 11) is 1.65. The van der Waals surface area contributed by atoms with Crippen LogP contribution in [-0.4, -0.2) is 49.7 Å². The molecule has 1 aliphatic heterocycles. The van der Waals surface area contributed by atoms with Crippen molar-refractivity contribution < 1.29 is 27.2 Å². The topological polar surface area (TPSA) is 51.0 Å². The van der Waals surface area contributed by atoms with Gasteiger partial charge >= 0.3 is 6.36 Å². The highest BCUT2D eigenvalue weighted by atomic mass is 35.5. The maximum atomic E-state index is 12.9. The Morgan fingerprint density at radius 3 is 2.45 bits per heavy atom. The summed E-state index contributed by atoms with van der Waals surface area (Å²) in [6.07, 6.45) is -4.79. The lowest BCUT2D eigenvalue weighted by atomic mass is 10.0. The number of para-hydroxylation sites is 1. The highest BCUT2D eigenvalue weighted by Crippen LogP contribution is 2.36. The van der Waals surface area contributed by atoms with Gasteiger partial charge in [-0.05, 0) is 31.2 Å². The van der Waals surface area contributed by atoms with Gasteiger partial charge in [0.2, 0.25) is 0 Å². The van der Waals surface area contributed by atoms with Crippen LogP contribution in [0.4, 0.5) is 18.9 Å². The number of nitrogens with zero attached hydrogens (tertiary/aromatic N) is 3. The Hall–Kier alpha value is -2.91. The number of methoxy groups -OCH3 is 1. The van der Waals surface area contributed by atoms with Crippen LogP contribution in [-0.2, 0) is 6.54 Å². The summed E-state index contributed by atoms with van der Waals surface area (Å²) in [5.74, 6) is 1.10. The molecule has 1 aliphatic rings. The molecular weight excluding hydrogens is 459 g/mol. The van der Waals surface area contributed by atoms with Gasteiger partial charge in [0.05, 0.1) is 7.11 Å². The number of anilines is 1. The quantitative estimate of drug-likeness (QED) is 0.474. The van der Waals surface area contributed by atoms with Crippen LogP contribution in [0.3, 0.4) is 0 Å². The second-order valence-electron chi connectivity index (χ2n) is 7.57. The van der Waals surface area contributed by atoms with Gasteiger partial charge in [-0.1, -0.05) is 23.4 Å². The standard InChI is InChI=1S/C23H24F3N3O3.ClH/c1-16-20(22(27-32-16)19-8-3-4-9-21(19)31-23(24,25)26)15-28-10-12-29(13-11-28)17-6-5-7-18(14-17)30-2;/h3-9,14H,10-13,15H2,1-2H3;1H. The smallest absolute Gasteiger partial charge is 0.497 e. The van der Waals surface area contributed by atoms with Gasteiger partial charge < -0.3 is 18.9 Å². The van der Waals surface area contributed by atoms with Gasteiger partial charge in [0.1, 0.15) is 23.0 Å². The van der Waals surface area contributed by atoms with E-state index in [0.29, 0.717) is 18.0 Å². The second-order valence-corrected chi connectivity index (χ2v) is 7.57. The molecule has 0 atom stereocenters. The van der Waals surface area contributed by atoms with Crippen LogP contribution < -0.4 is 14.4 Å². The Labute approximate surface area is 196 Å². The summed E-state index contributed by atoms with van der Waals surface area (Å²) >= 11 is 0. The number of hydrogen-bond acceptors (Lipinski definition) is 6. The summed E-state index contributed by atoms with van der Waals surface area (Å²) in [6.45, 7) is 5.52. The van der Waals surface area contributed by atoms with E-state index < -0.39 is 6.36 Å². The highest BCUT2D eigenvalue weighted by Gasteiger charge is 2.33. The molecule has 6 nitrogen and oxygen atoms in total. The van der Waals surface area contributed by atoms with Gasteiger partial charge in [-0.3, -0.25) is 4.90 Å². The van der Waals surface area contributed by atoms with Gasteiger partial charge in [0.25, 0.3) is 0 Å². The number of aromatic nitrogens is 1. The number of rotatable bonds is 6. The Bertz CT molecular complexity index is 1070. The second kappa shape index (κ2) is 10.4. The molecule has 0 amide bonds. The average molecular weight is 484 g/mol. The predicted octanol–water partition coefficient (Wildman–Crippen LogP) is 5.30. The maximum absolute atomic E-state index is 12.9. The summed E-state index contributed by atoms with van der Waals surface area (Å²) < 4.78 is 53.4. The summed E-state index contributed by atoms with van der Waals surface area (Å²) in [5, 5.41) is 4.05. The van der Waals surface area contributed by atoms with Crippen LogP contribution in [0.25, 0.3) is 11.3 Å². The predicted molar refractivity (Wildman–Crippen MR) is 121 cm³/mol. The van der Waals surface area contributed by atoms with Crippen LogP contribution in [0.1, 0.15) is 11.3 Å². The van der Waals surface area contributed by atoms with E-state index in [9.17, 15) is 13.2 Å². The molecule has 4 rings (SSSR count). The molecule has 0 saturated carbocycles. The molecule has 10 heteroatoms. The zero-order chi connectivity index (χ0) is 22.7. The largest absolute Gasteiger partial charge is 0.573 e. The van der Waals surface area contributed by atoms with Crippen LogP contribution in [0.5, 0.6) is 11.5 Å². The number of ether oxygens (including phenoxy) is 2. The number of piperazine rings is 1. The molecule has 2 aromatic carbocycles. The summed E-state index contributed by atoms with van der Waals surface area (Å²) in [5.41, 5.74) is 2.49. The zero-order valence-electron chi connectivity index (χ0n) is 18.3. The lowest BCUT2D eigenvalue weighted by Crippen LogP contribution is -2.46. The Morgan fingerprint density at radius 1 is 1.03 bits per heavy atom. The third kappa shape index (κ3) is 5.91. The van der Waals surface area contributed by atoms with Crippen molar-refractivity contribution in [2.24, 2.45) is 0 Å². The molecule has 33 heavy (non-hydrogen) atoms. The molecule has 0 radical (unpaired) electrons. The van der Waals surface area contributed by atoms with Crippen molar-refractivity contribution in [2.75, 3.05) is 38.2 Å². The van der Waals surface area contributed by atoms with E-state index in [1.807, 2.05) is 18.2 Å². The van der Waals surface area contributed by atoms with Crippen LogP contribution >= 0.6 is 12.4 Å². The monoisotopic (exact) mass is 483 g/mol. The van der Waals surface area contributed by atoms with Gasteiger partial charge in [0, 0.05) is 55.6 Å². The van der Waals surface area contributed by atoms with E-state index in [1.54, 1.807) is 26.2 Å². The van der Waals surface area contributed by atoms with E-state index in [0.717, 1.165) is 43.2 Å². The molecule has 2 heterocycles. The van der Waals surface area contributed by atoms with Crippen LogP contribution in [0.2, 0.25) is 0 Å². The normalized spacial score (nSPS) is 14.6. The summed E-state index contributed by atoms with van der Waals surface area (Å²) in [4.78, 5) is 4.53. The minimum Gasteiger partial charge on any atom is -0.497 e. The molecule has 1 fully saturated rings. The third-order valence-corrected chi connectivity index (χ3v) is 5.53. The van der Waals surface area contributed by atoms with Gasteiger partial charge in [0.15, 0.2) is 0 Å². The fraction of sp³-hybridized carbons (Fsp3) is 0.348. The van der Waals surface area contributed by atoms with E-state index >= 15 is 0 Å². The van der Waals surface area contributed by atoms with Crippen LogP contribution in [0, 0.1) is 6.92 Å². The zero-order valence-corrected chi connectivity index (χ0v) is 19.1. The Kier molecular flexibility index (Phi) is 7.76. The minimum absolute atomic E-state index is 0. The first kappa shape index (κ1) is 24.7. The molecule has 0 bridgehead atoms. The van der Waals surface area contributed by atoms with E-state index in [2.05, 4.69) is 25.8 Å². The third-order valence-electron chi connectivity index (χ3n) is 5.53. The number of hydrogen-bond donors (Lipinski definition) is 0. The number of alkyl halides is 3. The Balaban J connectivity index is 0.00000306. The van der Waals surface area contributed by atoms with Gasteiger partial charge in [-0.15, -0.1) is 25.6 Å². The van der Waals surface area contributed by atoms with E-state index in [1.165, 1.54) is 12.1 Å². The molecule has 0 unspecified atom stereocenters. The lowest BCUT2D eigenvalue weighted by Gasteiger charge is -2.36. The molecular formula is C23H25ClF3N3O3. The molecule has 3 aromatic rings. The molecule has 1 saturated heterocycles. The Morgan fingerprint density at radius 2 is 1.76 bits per heavy atom. The van der Waals surface area contributed by atoms with Crippen LogP contribution in [0.15, 0.2) is 53.1 Å². The fourth-order valence-electron chi connectivity index (χ4n) is 3.86. The van der Waals surface area contributed by atoms with E-state index in [4.69, 9.17) is 9.26 Å². The number of aryl methyl sites for hydroxylation is 1. The molecule has 178 valence electrons. The van der Waals surface area contributed by atoms with Crippen molar-refractivity contribution >= 4 is 18.1 Å². The molecule has 1 aromatic heterocycles. The SMILES string of the molecule is COc1cccc(N2CCN(Cc3c(-c4ccccc4OC(F)(F)F)noc3C)CC2)c1.Cl. The number of benzene rings is 2. The maximum Gasteiger partial charge on any atom is 0.573 e. The number of halogens is 4. The van der Waals surface area contributed by atoms with Crippen molar-refractivity contribution in [1.29, 1.82) is 0 Å². The molecule has 0 N–H and O–H groups in total. The first-order chi connectivity index (χ1) is 15.3. The lowest BCUT2D eigenvalue weighted by molar-refractivity contribution is -0.274.